The highest BCUT2D eigenvalue weighted by Gasteiger charge is 2.12. The summed E-state index contributed by atoms with van der Waals surface area (Å²) in [6.07, 6.45) is 5.49. The maximum atomic E-state index is 7.38. The molecule has 1 aromatic rings. The van der Waals surface area contributed by atoms with Gasteiger partial charge in [0.15, 0.2) is 0 Å². The molecular weight excluding hydrogens is 224 g/mol. The summed E-state index contributed by atoms with van der Waals surface area (Å²) in [6, 6.07) is 3.67. The van der Waals surface area contributed by atoms with Gasteiger partial charge in [-0.15, -0.1) is 12.4 Å². The van der Waals surface area contributed by atoms with Crippen LogP contribution in [0.15, 0.2) is 18.3 Å². The third-order valence-electron chi connectivity index (χ3n) is 2.74. The predicted octanol–water partition coefficient (Wildman–Crippen LogP) is 1.78. The zero-order chi connectivity index (χ0) is 10.7. The fraction of sp³-hybridized carbons (Fsp3) is 0.455. The predicted molar refractivity (Wildman–Crippen MR) is 68.6 cm³/mol. The van der Waals surface area contributed by atoms with Gasteiger partial charge in [0.2, 0.25) is 0 Å². The molecule has 3 N–H and O–H groups in total. The van der Waals surface area contributed by atoms with Gasteiger partial charge in [-0.3, -0.25) is 5.41 Å². The Morgan fingerprint density at radius 2 is 2.00 bits per heavy atom. The number of aromatic nitrogens is 1. The van der Waals surface area contributed by atoms with Crippen molar-refractivity contribution in [1.29, 1.82) is 5.41 Å². The summed E-state index contributed by atoms with van der Waals surface area (Å²) in [5.41, 5.74) is 6.20. The van der Waals surface area contributed by atoms with E-state index in [1.807, 2.05) is 6.07 Å². The first-order valence-electron chi connectivity index (χ1n) is 5.33. The van der Waals surface area contributed by atoms with E-state index in [1.165, 1.54) is 19.3 Å². The number of nitrogens with zero attached hydrogens (tertiary/aromatic N) is 2. The van der Waals surface area contributed by atoms with Crippen LogP contribution in [0.1, 0.15) is 24.8 Å². The van der Waals surface area contributed by atoms with Crippen molar-refractivity contribution < 1.29 is 0 Å². The molecule has 0 atom stereocenters. The quantitative estimate of drug-likeness (QED) is 0.612. The maximum Gasteiger partial charge on any atom is 0.129 e. The van der Waals surface area contributed by atoms with Crippen molar-refractivity contribution in [2.75, 3.05) is 18.0 Å². The van der Waals surface area contributed by atoms with Gasteiger partial charge in [0.25, 0.3) is 0 Å². The topological polar surface area (TPSA) is 66.0 Å². The highest BCUT2D eigenvalue weighted by molar-refractivity contribution is 5.95. The molecule has 2 rings (SSSR count). The molecule has 1 saturated heterocycles. The van der Waals surface area contributed by atoms with Gasteiger partial charge < -0.3 is 10.6 Å². The molecule has 16 heavy (non-hydrogen) atoms. The molecule has 1 aromatic heterocycles. The Labute approximate surface area is 102 Å². The fourth-order valence-electron chi connectivity index (χ4n) is 1.88. The summed E-state index contributed by atoms with van der Waals surface area (Å²) < 4.78 is 0. The summed E-state index contributed by atoms with van der Waals surface area (Å²) in [6.45, 7) is 2.13. The summed E-state index contributed by atoms with van der Waals surface area (Å²) in [5, 5.41) is 7.38. The zero-order valence-electron chi connectivity index (χ0n) is 9.15. The number of pyridine rings is 1. The number of nitrogens with two attached hydrogens (primary N) is 1. The molecule has 0 unspecified atom stereocenters. The lowest BCUT2D eigenvalue weighted by molar-refractivity contribution is 0.573. The molecule has 0 saturated carbocycles. The van der Waals surface area contributed by atoms with Gasteiger partial charge in [0.05, 0.1) is 0 Å². The zero-order valence-corrected chi connectivity index (χ0v) is 9.96. The van der Waals surface area contributed by atoms with E-state index in [9.17, 15) is 0 Å². The second-order valence-electron chi connectivity index (χ2n) is 3.86. The molecule has 1 fully saturated rings. The minimum Gasteiger partial charge on any atom is -0.384 e. The van der Waals surface area contributed by atoms with Crippen LogP contribution in [0.4, 0.5) is 5.82 Å². The van der Waals surface area contributed by atoms with Gasteiger partial charge in [-0.1, -0.05) is 0 Å². The summed E-state index contributed by atoms with van der Waals surface area (Å²) in [5.74, 6) is 1.05. The number of hydrogen-bond acceptors (Lipinski definition) is 3. The van der Waals surface area contributed by atoms with E-state index < -0.39 is 0 Å². The van der Waals surface area contributed by atoms with Crippen molar-refractivity contribution in [3.05, 3.63) is 23.9 Å². The molecule has 4 nitrogen and oxygen atoms in total. The smallest absolute Gasteiger partial charge is 0.129 e. The SMILES string of the molecule is Cl.N=C(N)c1ccnc(N2CCCCC2)c1. The lowest BCUT2D eigenvalue weighted by Crippen LogP contribution is -2.30. The molecule has 5 heteroatoms. The number of hydrogen-bond donors (Lipinski definition) is 2. The first-order valence-corrected chi connectivity index (χ1v) is 5.33. The molecule has 0 aromatic carbocycles. The third kappa shape index (κ3) is 2.85. The first kappa shape index (κ1) is 12.8. The highest BCUT2D eigenvalue weighted by atomic mass is 35.5. The van der Waals surface area contributed by atoms with E-state index in [2.05, 4.69) is 9.88 Å². The fourth-order valence-corrected chi connectivity index (χ4v) is 1.88. The van der Waals surface area contributed by atoms with Gasteiger partial charge in [-0.25, -0.2) is 4.98 Å². The molecule has 88 valence electrons. The number of halogens is 1. The molecule has 2 heterocycles. The largest absolute Gasteiger partial charge is 0.384 e. The van der Waals surface area contributed by atoms with E-state index in [0.717, 1.165) is 24.5 Å². The Balaban J connectivity index is 0.00000128. The van der Waals surface area contributed by atoms with Crippen LogP contribution in [-0.2, 0) is 0 Å². The monoisotopic (exact) mass is 240 g/mol. The molecule has 1 aliphatic rings. The average Bonchev–Trinajstić information content (AvgIpc) is 2.30. The number of amidine groups is 1. The van der Waals surface area contributed by atoms with Crippen LogP contribution < -0.4 is 10.6 Å². The van der Waals surface area contributed by atoms with Crippen LogP contribution in [0, 0.1) is 5.41 Å². The minimum absolute atomic E-state index is 0. The lowest BCUT2D eigenvalue weighted by Gasteiger charge is -2.27. The second kappa shape index (κ2) is 5.70. The molecule has 0 spiro atoms. The van der Waals surface area contributed by atoms with E-state index in [-0.39, 0.29) is 18.2 Å². The van der Waals surface area contributed by atoms with Crippen LogP contribution in [0.5, 0.6) is 0 Å². The average molecular weight is 241 g/mol. The standard InChI is InChI=1S/C11H16N4.ClH/c12-11(13)9-4-5-14-10(8-9)15-6-2-1-3-7-15;/h4-5,8H,1-3,6-7H2,(H3,12,13);1H. The van der Waals surface area contributed by atoms with Gasteiger partial charge in [-0.05, 0) is 31.4 Å². The number of piperidine rings is 1. The van der Waals surface area contributed by atoms with Crippen molar-refractivity contribution in [3.8, 4) is 0 Å². The molecule has 1 aliphatic heterocycles. The molecular formula is C11H17ClN4. The Kier molecular flexibility index (Phi) is 4.55. The van der Waals surface area contributed by atoms with E-state index in [4.69, 9.17) is 11.1 Å². The van der Waals surface area contributed by atoms with Gasteiger partial charge in [0.1, 0.15) is 11.7 Å². The van der Waals surface area contributed by atoms with Crippen LogP contribution in [0.3, 0.4) is 0 Å². The second-order valence-corrected chi connectivity index (χ2v) is 3.86. The van der Waals surface area contributed by atoms with E-state index in [1.54, 1.807) is 12.3 Å². The molecule has 0 aliphatic carbocycles. The summed E-state index contributed by atoms with van der Waals surface area (Å²) >= 11 is 0. The Bertz CT molecular complexity index is 361. The van der Waals surface area contributed by atoms with Crippen molar-refractivity contribution in [1.82, 2.24) is 4.98 Å². The minimum atomic E-state index is 0. The van der Waals surface area contributed by atoms with Crippen LogP contribution >= 0.6 is 12.4 Å². The lowest BCUT2D eigenvalue weighted by atomic mass is 10.1. The van der Waals surface area contributed by atoms with Gasteiger partial charge >= 0.3 is 0 Å². The van der Waals surface area contributed by atoms with Gasteiger partial charge in [-0.2, -0.15) is 0 Å². The van der Waals surface area contributed by atoms with E-state index >= 15 is 0 Å². The van der Waals surface area contributed by atoms with Crippen LogP contribution in [-0.4, -0.2) is 23.9 Å². The summed E-state index contributed by atoms with van der Waals surface area (Å²) in [7, 11) is 0. The summed E-state index contributed by atoms with van der Waals surface area (Å²) in [4.78, 5) is 6.58. The van der Waals surface area contributed by atoms with E-state index in [0.29, 0.717) is 0 Å². The van der Waals surface area contributed by atoms with Crippen molar-refractivity contribution in [2.24, 2.45) is 5.73 Å². The third-order valence-corrected chi connectivity index (χ3v) is 2.74. The Morgan fingerprint density at radius 1 is 1.31 bits per heavy atom. The normalized spacial score (nSPS) is 15.4. The van der Waals surface area contributed by atoms with Crippen LogP contribution in [0.25, 0.3) is 0 Å². The molecule has 0 radical (unpaired) electrons. The maximum absolute atomic E-state index is 7.38. The molecule has 0 amide bonds. The van der Waals surface area contributed by atoms with Crippen molar-refractivity contribution >= 4 is 24.1 Å². The number of nitrogens with one attached hydrogen (secondary N) is 1. The highest BCUT2D eigenvalue weighted by Crippen LogP contribution is 2.17. The molecule has 0 bridgehead atoms. The Morgan fingerprint density at radius 3 is 2.62 bits per heavy atom. The van der Waals surface area contributed by atoms with Crippen LogP contribution in [0.2, 0.25) is 0 Å². The van der Waals surface area contributed by atoms with Crippen molar-refractivity contribution in [3.63, 3.8) is 0 Å². The number of nitrogen functional groups attached to an aromatic ring is 1. The number of rotatable bonds is 2. The Hall–Kier alpha value is -1.29. The van der Waals surface area contributed by atoms with Gasteiger partial charge in [0, 0.05) is 24.8 Å². The first-order chi connectivity index (χ1) is 7.27. The van der Waals surface area contributed by atoms with Crippen molar-refractivity contribution in [2.45, 2.75) is 19.3 Å². The number of anilines is 1.